The average molecular weight is 641 g/mol. The van der Waals surface area contributed by atoms with Crippen molar-refractivity contribution in [2.45, 2.75) is 12.8 Å². The number of aromatic nitrogens is 2. The first kappa shape index (κ1) is 29.1. The number of nitriles is 2. The van der Waals surface area contributed by atoms with E-state index in [9.17, 15) is 10.5 Å². The van der Waals surface area contributed by atoms with Crippen LogP contribution in [0.5, 0.6) is 0 Å². The van der Waals surface area contributed by atoms with Crippen LogP contribution in [0, 0.1) is 22.7 Å². The van der Waals surface area contributed by atoms with Gasteiger partial charge < -0.3 is 9.80 Å². The second-order valence-corrected chi connectivity index (χ2v) is 12.5. The molecule has 0 N–H and O–H groups in total. The molecule has 0 bridgehead atoms. The number of anilines is 6. The summed E-state index contributed by atoms with van der Waals surface area (Å²) in [7, 11) is 0. The van der Waals surface area contributed by atoms with Crippen LogP contribution < -0.4 is 9.80 Å². The SMILES string of the molecule is N#Cc1nc(-c2ccc(N3c4ccccc4Cc4ccccc43)cc2)c(-c2ccc(N3c4ccccc4Cc4ccccc43)cc2)nc1C#N. The summed E-state index contributed by atoms with van der Waals surface area (Å²) < 4.78 is 0. The standard InChI is InChI=1S/C44H28N6/c45-27-37-38(28-46)48-44(30-19-23-36(24-20-30)50-41-15-7-3-11-33(41)26-34-12-4-8-16-42(34)50)43(47-37)29-17-21-35(22-18-29)49-39-13-5-1-9-31(39)25-32-10-2-6-14-40(32)49/h1-24H,25-26H2. The Labute approximate surface area is 290 Å². The molecule has 6 aromatic carbocycles. The molecular weight excluding hydrogens is 613 g/mol. The van der Waals surface area contributed by atoms with Crippen molar-refractivity contribution in [3.8, 4) is 34.7 Å². The Kier molecular flexibility index (Phi) is 6.93. The minimum absolute atomic E-state index is 0.00682. The molecule has 6 heteroatoms. The molecule has 1 aromatic heterocycles. The van der Waals surface area contributed by atoms with Gasteiger partial charge in [0, 0.05) is 58.1 Å². The Morgan fingerprint density at radius 1 is 0.400 bits per heavy atom. The van der Waals surface area contributed by atoms with Crippen molar-refractivity contribution in [2.75, 3.05) is 9.80 Å². The molecule has 0 saturated heterocycles. The maximum atomic E-state index is 9.91. The van der Waals surface area contributed by atoms with Crippen LogP contribution in [-0.2, 0) is 12.8 Å². The van der Waals surface area contributed by atoms with E-state index < -0.39 is 0 Å². The van der Waals surface area contributed by atoms with Crippen LogP contribution in [0.2, 0.25) is 0 Å². The van der Waals surface area contributed by atoms with Gasteiger partial charge in [0.25, 0.3) is 0 Å². The van der Waals surface area contributed by atoms with Crippen molar-refractivity contribution in [1.82, 2.24) is 9.97 Å². The summed E-state index contributed by atoms with van der Waals surface area (Å²) in [6.45, 7) is 0. The van der Waals surface area contributed by atoms with Crippen LogP contribution in [0.25, 0.3) is 22.5 Å². The number of benzene rings is 6. The van der Waals surface area contributed by atoms with Gasteiger partial charge in [-0.2, -0.15) is 10.5 Å². The van der Waals surface area contributed by atoms with E-state index in [1.807, 2.05) is 24.3 Å². The van der Waals surface area contributed by atoms with Crippen LogP contribution in [0.15, 0.2) is 146 Å². The molecule has 50 heavy (non-hydrogen) atoms. The van der Waals surface area contributed by atoms with Crippen molar-refractivity contribution < 1.29 is 0 Å². The molecule has 9 rings (SSSR count). The first-order valence-electron chi connectivity index (χ1n) is 16.5. The molecule has 2 aliphatic rings. The summed E-state index contributed by atoms with van der Waals surface area (Å²) in [6.07, 6.45) is 1.77. The van der Waals surface area contributed by atoms with Gasteiger partial charge in [0.05, 0.1) is 11.4 Å². The number of nitrogens with zero attached hydrogens (tertiary/aromatic N) is 6. The average Bonchev–Trinajstić information content (AvgIpc) is 3.18. The van der Waals surface area contributed by atoms with E-state index in [0.717, 1.165) is 58.1 Å². The van der Waals surface area contributed by atoms with Gasteiger partial charge in [0.2, 0.25) is 0 Å². The molecule has 0 fully saturated rings. The molecule has 234 valence electrons. The van der Waals surface area contributed by atoms with Gasteiger partial charge in [-0.25, -0.2) is 9.97 Å². The maximum Gasteiger partial charge on any atom is 0.177 e. The second kappa shape index (κ2) is 11.9. The van der Waals surface area contributed by atoms with Crippen LogP contribution in [0.4, 0.5) is 34.1 Å². The smallest absolute Gasteiger partial charge is 0.177 e. The molecule has 0 saturated carbocycles. The molecule has 0 atom stereocenters. The summed E-state index contributed by atoms with van der Waals surface area (Å²) in [5.41, 5.74) is 14.5. The third-order valence-corrected chi connectivity index (χ3v) is 9.60. The van der Waals surface area contributed by atoms with Crippen molar-refractivity contribution in [2.24, 2.45) is 0 Å². The minimum atomic E-state index is 0.00682. The number of para-hydroxylation sites is 4. The fourth-order valence-corrected chi connectivity index (χ4v) is 7.27. The Morgan fingerprint density at radius 2 is 0.700 bits per heavy atom. The van der Waals surface area contributed by atoms with Gasteiger partial charge in [0.1, 0.15) is 12.1 Å². The third-order valence-electron chi connectivity index (χ3n) is 9.60. The zero-order valence-corrected chi connectivity index (χ0v) is 27.0. The van der Waals surface area contributed by atoms with Crippen molar-refractivity contribution >= 4 is 34.1 Å². The highest BCUT2D eigenvalue weighted by atomic mass is 15.2. The van der Waals surface area contributed by atoms with Gasteiger partial charge in [-0.05, 0) is 70.8 Å². The van der Waals surface area contributed by atoms with Gasteiger partial charge in [-0.1, -0.05) is 97.1 Å². The van der Waals surface area contributed by atoms with Gasteiger partial charge >= 0.3 is 0 Å². The van der Waals surface area contributed by atoms with E-state index in [-0.39, 0.29) is 11.4 Å². The van der Waals surface area contributed by atoms with Crippen LogP contribution in [0.1, 0.15) is 33.6 Å². The largest absolute Gasteiger partial charge is 0.310 e. The van der Waals surface area contributed by atoms with Gasteiger partial charge in [-0.15, -0.1) is 0 Å². The molecule has 0 amide bonds. The topological polar surface area (TPSA) is 79.8 Å². The minimum Gasteiger partial charge on any atom is -0.310 e. The van der Waals surface area contributed by atoms with Crippen LogP contribution in [0.3, 0.4) is 0 Å². The van der Waals surface area contributed by atoms with Crippen LogP contribution >= 0.6 is 0 Å². The number of hydrogen-bond donors (Lipinski definition) is 0. The zero-order valence-electron chi connectivity index (χ0n) is 27.0. The molecule has 2 aliphatic heterocycles. The van der Waals surface area contributed by atoms with Gasteiger partial charge in [0.15, 0.2) is 11.4 Å². The fourth-order valence-electron chi connectivity index (χ4n) is 7.27. The molecule has 0 unspecified atom stereocenters. The summed E-state index contributed by atoms with van der Waals surface area (Å²) >= 11 is 0. The first-order valence-corrected chi connectivity index (χ1v) is 16.5. The number of hydrogen-bond acceptors (Lipinski definition) is 6. The predicted molar refractivity (Wildman–Crippen MR) is 197 cm³/mol. The summed E-state index contributed by atoms with van der Waals surface area (Å²) in [5.74, 6) is 0. The molecular formula is C44H28N6. The Hall–Kier alpha value is -7.02. The number of rotatable bonds is 4. The molecule has 6 nitrogen and oxygen atoms in total. The normalized spacial score (nSPS) is 12.5. The predicted octanol–water partition coefficient (Wildman–Crippen LogP) is 10.3. The highest BCUT2D eigenvalue weighted by molar-refractivity contribution is 5.87. The molecule has 0 radical (unpaired) electrons. The van der Waals surface area contributed by atoms with Crippen molar-refractivity contribution in [1.29, 1.82) is 10.5 Å². The van der Waals surface area contributed by atoms with E-state index in [1.54, 1.807) is 0 Å². The Balaban J connectivity index is 1.13. The summed E-state index contributed by atoms with van der Waals surface area (Å²) in [4.78, 5) is 14.0. The lowest BCUT2D eigenvalue weighted by Gasteiger charge is -2.33. The van der Waals surface area contributed by atoms with Crippen molar-refractivity contribution in [3.63, 3.8) is 0 Å². The highest BCUT2D eigenvalue weighted by Gasteiger charge is 2.26. The van der Waals surface area contributed by atoms with Crippen LogP contribution in [-0.4, -0.2) is 9.97 Å². The fraction of sp³-hybridized carbons (Fsp3) is 0.0455. The second-order valence-electron chi connectivity index (χ2n) is 12.5. The van der Waals surface area contributed by atoms with E-state index in [2.05, 4.69) is 143 Å². The van der Waals surface area contributed by atoms with Gasteiger partial charge in [-0.3, -0.25) is 0 Å². The lowest BCUT2D eigenvalue weighted by atomic mass is 9.94. The zero-order chi connectivity index (χ0) is 33.6. The summed E-state index contributed by atoms with van der Waals surface area (Å²) in [5, 5.41) is 19.8. The monoisotopic (exact) mass is 640 g/mol. The maximum absolute atomic E-state index is 9.91. The first-order chi connectivity index (χ1) is 24.7. The molecule has 0 aliphatic carbocycles. The quantitative estimate of drug-likeness (QED) is 0.190. The highest BCUT2D eigenvalue weighted by Crippen LogP contribution is 2.46. The number of fused-ring (bicyclic) bond motifs is 4. The summed E-state index contributed by atoms with van der Waals surface area (Å²) in [6, 6.07) is 54.6. The Morgan fingerprint density at radius 3 is 1.00 bits per heavy atom. The molecule has 0 spiro atoms. The van der Waals surface area contributed by atoms with Crippen molar-refractivity contribution in [3.05, 3.63) is 179 Å². The lowest BCUT2D eigenvalue weighted by Crippen LogP contribution is -2.18. The van der Waals surface area contributed by atoms with E-state index in [0.29, 0.717) is 11.4 Å². The van der Waals surface area contributed by atoms with E-state index in [4.69, 9.17) is 9.97 Å². The third kappa shape index (κ3) is 4.79. The Bertz CT molecular complexity index is 2250. The van der Waals surface area contributed by atoms with E-state index in [1.165, 1.54) is 22.3 Å². The molecule has 7 aromatic rings. The van der Waals surface area contributed by atoms with E-state index >= 15 is 0 Å². The molecule has 3 heterocycles. The lowest BCUT2D eigenvalue weighted by molar-refractivity contribution is 1.09.